The van der Waals surface area contributed by atoms with Crippen LogP contribution < -0.4 is 5.32 Å². The molecule has 1 atom stereocenters. The number of benzene rings is 2. The smallest absolute Gasteiger partial charge is 0.251 e. The molecule has 1 N–H and O–H groups in total. The third-order valence-corrected chi connectivity index (χ3v) is 7.77. The van der Waals surface area contributed by atoms with Gasteiger partial charge in [-0.1, -0.05) is 35.9 Å². The fourth-order valence-electron chi connectivity index (χ4n) is 4.17. The van der Waals surface area contributed by atoms with Crippen molar-refractivity contribution in [3.63, 3.8) is 0 Å². The maximum Gasteiger partial charge on any atom is 0.251 e. The third-order valence-electron chi connectivity index (χ3n) is 5.96. The summed E-state index contributed by atoms with van der Waals surface area (Å²) in [4.78, 5) is 12.5. The largest absolute Gasteiger partial charge is 0.372 e. The molecule has 0 bridgehead atoms. The Morgan fingerprint density at radius 3 is 2.52 bits per heavy atom. The third kappa shape index (κ3) is 3.95. The normalized spacial score (nSPS) is 21.1. The van der Waals surface area contributed by atoms with E-state index in [1.165, 1.54) is 4.31 Å². The lowest BCUT2D eigenvalue weighted by Crippen LogP contribution is -2.66. The summed E-state index contributed by atoms with van der Waals surface area (Å²) in [6.45, 7) is 3.87. The number of sulfonamides is 1. The molecule has 2 fully saturated rings. The van der Waals surface area contributed by atoms with Gasteiger partial charge in [-0.05, 0) is 49.9 Å². The van der Waals surface area contributed by atoms with Crippen LogP contribution in [0.4, 0.5) is 0 Å². The van der Waals surface area contributed by atoms with Crippen LogP contribution in [-0.2, 0) is 14.8 Å². The second-order valence-corrected chi connectivity index (χ2v) is 9.83. The van der Waals surface area contributed by atoms with Gasteiger partial charge in [-0.2, -0.15) is 4.31 Å². The average Bonchev–Trinajstić information content (AvgIpc) is 3.12. The molecule has 2 heterocycles. The highest BCUT2D eigenvalue weighted by atomic mass is 32.2. The highest BCUT2D eigenvalue weighted by Crippen LogP contribution is 2.43. The second kappa shape index (κ2) is 7.89. The van der Waals surface area contributed by atoms with E-state index in [0.29, 0.717) is 36.7 Å². The highest BCUT2D eigenvalue weighted by Gasteiger charge is 2.56. The van der Waals surface area contributed by atoms with Crippen molar-refractivity contribution in [3.05, 3.63) is 65.7 Å². The zero-order valence-electron chi connectivity index (χ0n) is 16.5. The van der Waals surface area contributed by atoms with Gasteiger partial charge in [0.05, 0.1) is 10.5 Å². The molecule has 1 spiro atoms. The van der Waals surface area contributed by atoms with E-state index in [1.54, 1.807) is 24.3 Å². The number of carbonyl (C=O) groups excluding carboxylic acids is 1. The molecule has 29 heavy (non-hydrogen) atoms. The molecule has 2 aliphatic rings. The molecule has 2 aliphatic heterocycles. The summed E-state index contributed by atoms with van der Waals surface area (Å²) in [5, 5.41) is 2.96. The molecular formula is C22H26N2O4S. The minimum Gasteiger partial charge on any atom is -0.372 e. The Bertz CT molecular complexity index is 968. The maximum absolute atomic E-state index is 12.8. The van der Waals surface area contributed by atoms with Crippen molar-refractivity contribution >= 4 is 15.9 Å². The van der Waals surface area contributed by atoms with Gasteiger partial charge < -0.3 is 10.1 Å². The minimum atomic E-state index is -3.49. The molecule has 0 aliphatic carbocycles. The summed E-state index contributed by atoms with van der Waals surface area (Å²) in [6.07, 6.45) is 1.66. The van der Waals surface area contributed by atoms with Crippen LogP contribution in [-0.4, -0.2) is 50.5 Å². The van der Waals surface area contributed by atoms with Crippen molar-refractivity contribution in [1.82, 2.24) is 9.62 Å². The van der Waals surface area contributed by atoms with E-state index < -0.39 is 15.6 Å². The SMILES string of the molecule is Cc1ccc(S(=O)(=O)N2CC3(C2)OCCC3CCNC(=O)c2ccccc2)cc1. The van der Waals surface area contributed by atoms with Crippen molar-refractivity contribution in [2.24, 2.45) is 5.92 Å². The van der Waals surface area contributed by atoms with Crippen molar-refractivity contribution in [2.45, 2.75) is 30.3 Å². The Morgan fingerprint density at radius 2 is 1.83 bits per heavy atom. The summed E-state index contributed by atoms with van der Waals surface area (Å²) < 4.78 is 33.2. The van der Waals surface area contributed by atoms with Crippen molar-refractivity contribution in [2.75, 3.05) is 26.2 Å². The lowest BCUT2D eigenvalue weighted by molar-refractivity contribution is -0.102. The van der Waals surface area contributed by atoms with E-state index in [4.69, 9.17) is 4.74 Å². The topological polar surface area (TPSA) is 75.7 Å². The number of hydrogen-bond acceptors (Lipinski definition) is 4. The summed E-state index contributed by atoms with van der Waals surface area (Å²) >= 11 is 0. The molecule has 1 amide bonds. The lowest BCUT2D eigenvalue weighted by atomic mass is 9.80. The molecule has 7 heteroatoms. The standard InChI is InChI=1S/C22H26N2O4S/c1-17-7-9-20(10-8-17)29(26,27)24-15-22(16-24)19(12-14-28-22)11-13-23-21(25)18-5-3-2-4-6-18/h2-10,19H,11-16H2,1H3,(H,23,25). The summed E-state index contributed by atoms with van der Waals surface area (Å²) in [7, 11) is -3.49. The molecule has 2 aromatic rings. The van der Waals surface area contributed by atoms with E-state index in [0.717, 1.165) is 18.4 Å². The number of aryl methyl sites for hydroxylation is 1. The summed E-state index contributed by atoms with van der Waals surface area (Å²) in [5.41, 5.74) is 1.25. The predicted octanol–water partition coefficient (Wildman–Crippen LogP) is 2.59. The van der Waals surface area contributed by atoms with Gasteiger partial charge in [-0.3, -0.25) is 4.79 Å². The molecule has 0 saturated carbocycles. The Balaban J connectivity index is 1.33. The van der Waals surface area contributed by atoms with Crippen LogP contribution in [0.2, 0.25) is 0 Å². The van der Waals surface area contributed by atoms with Gasteiger partial charge in [0.2, 0.25) is 10.0 Å². The van der Waals surface area contributed by atoms with Gasteiger partial charge in [0.25, 0.3) is 5.91 Å². The first-order valence-electron chi connectivity index (χ1n) is 9.95. The van der Waals surface area contributed by atoms with E-state index in [1.807, 2.05) is 37.3 Å². The van der Waals surface area contributed by atoms with E-state index in [9.17, 15) is 13.2 Å². The Hall–Kier alpha value is -2.22. The zero-order valence-corrected chi connectivity index (χ0v) is 17.3. The van der Waals surface area contributed by atoms with Gasteiger partial charge >= 0.3 is 0 Å². The van der Waals surface area contributed by atoms with Crippen LogP contribution in [0.5, 0.6) is 0 Å². The molecular weight excluding hydrogens is 388 g/mol. The van der Waals surface area contributed by atoms with Crippen LogP contribution >= 0.6 is 0 Å². The van der Waals surface area contributed by atoms with Crippen LogP contribution in [0.1, 0.15) is 28.8 Å². The summed E-state index contributed by atoms with van der Waals surface area (Å²) in [5.74, 6) is 0.152. The first-order chi connectivity index (χ1) is 13.9. The number of ether oxygens (including phenoxy) is 1. The maximum atomic E-state index is 12.8. The van der Waals surface area contributed by atoms with Crippen LogP contribution in [0, 0.1) is 12.8 Å². The molecule has 2 saturated heterocycles. The number of rotatable bonds is 6. The van der Waals surface area contributed by atoms with Crippen LogP contribution in [0.15, 0.2) is 59.5 Å². The number of carbonyl (C=O) groups is 1. The van der Waals surface area contributed by atoms with E-state index in [-0.39, 0.29) is 11.8 Å². The number of amides is 1. The number of nitrogens with zero attached hydrogens (tertiary/aromatic N) is 1. The molecule has 6 nitrogen and oxygen atoms in total. The summed E-state index contributed by atoms with van der Waals surface area (Å²) in [6, 6.07) is 16.1. The Labute approximate surface area is 171 Å². The molecule has 1 unspecified atom stereocenters. The van der Waals surface area contributed by atoms with Gasteiger partial charge in [0, 0.05) is 31.8 Å². The van der Waals surface area contributed by atoms with E-state index >= 15 is 0 Å². The first-order valence-corrected chi connectivity index (χ1v) is 11.4. The molecule has 0 radical (unpaired) electrons. The number of hydrogen-bond donors (Lipinski definition) is 1. The van der Waals surface area contributed by atoms with Crippen LogP contribution in [0.25, 0.3) is 0 Å². The highest BCUT2D eigenvalue weighted by molar-refractivity contribution is 7.89. The molecule has 4 rings (SSSR count). The van der Waals surface area contributed by atoms with Gasteiger partial charge in [0.1, 0.15) is 0 Å². The van der Waals surface area contributed by atoms with E-state index in [2.05, 4.69) is 5.32 Å². The Kier molecular flexibility index (Phi) is 5.46. The fraction of sp³-hybridized carbons (Fsp3) is 0.409. The quantitative estimate of drug-likeness (QED) is 0.788. The monoisotopic (exact) mass is 414 g/mol. The van der Waals surface area contributed by atoms with Gasteiger partial charge in [-0.15, -0.1) is 0 Å². The predicted molar refractivity (Wildman–Crippen MR) is 110 cm³/mol. The minimum absolute atomic E-state index is 0.0873. The zero-order chi connectivity index (χ0) is 20.5. The number of nitrogens with one attached hydrogen (secondary N) is 1. The molecule has 2 aromatic carbocycles. The van der Waals surface area contributed by atoms with Crippen molar-refractivity contribution in [1.29, 1.82) is 0 Å². The Morgan fingerprint density at radius 1 is 1.14 bits per heavy atom. The lowest BCUT2D eigenvalue weighted by Gasteiger charge is -2.49. The second-order valence-electron chi connectivity index (χ2n) is 7.90. The molecule has 0 aromatic heterocycles. The first kappa shape index (κ1) is 20.1. The van der Waals surface area contributed by atoms with Crippen molar-refractivity contribution in [3.8, 4) is 0 Å². The fourth-order valence-corrected chi connectivity index (χ4v) is 5.73. The van der Waals surface area contributed by atoms with Crippen LogP contribution in [0.3, 0.4) is 0 Å². The molecule has 154 valence electrons. The van der Waals surface area contributed by atoms with Gasteiger partial charge in [-0.25, -0.2) is 8.42 Å². The van der Waals surface area contributed by atoms with Crippen molar-refractivity contribution < 1.29 is 17.9 Å². The average molecular weight is 415 g/mol. The van der Waals surface area contributed by atoms with Gasteiger partial charge in [0.15, 0.2) is 0 Å².